The van der Waals surface area contributed by atoms with Crippen LogP contribution in [0.15, 0.2) is 36.5 Å². The average molecular weight is 254 g/mol. The monoisotopic (exact) mass is 253 g/mol. The normalized spacial score (nSPS) is 10.2. The lowest BCUT2D eigenvalue weighted by molar-refractivity contribution is 0.482. The van der Waals surface area contributed by atoms with E-state index in [1.807, 2.05) is 25.1 Å². The third kappa shape index (κ3) is 2.65. The molecule has 0 N–H and O–H groups in total. The van der Waals surface area contributed by atoms with Gasteiger partial charge in [-0.15, -0.1) is 0 Å². The summed E-state index contributed by atoms with van der Waals surface area (Å²) in [6, 6.07) is 8.97. The maximum atomic E-state index is 6.05. The molecule has 82 valence electrons. The highest BCUT2D eigenvalue weighted by Gasteiger charge is 2.03. The van der Waals surface area contributed by atoms with Crippen molar-refractivity contribution in [2.45, 2.75) is 6.92 Å². The zero-order valence-electron chi connectivity index (χ0n) is 8.58. The first-order valence-electron chi connectivity index (χ1n) is 4.71. The predicted octanol–water partition coefficient (Wildman–Crippen LogP) is 4.49. The first-order chi connectivity index (χ1) is 7.65. The Morgan fingerprint density at radius 2 is 1.94 bits per heavy atom. The Balaban J connectivity index is 2.27. The van der Waals surface area contributed by atoms with Crippen molar-refractivity contribution in [2.24, 2.45) is 0 Å². The molecule has 2 rings (SSSR count). The molecule has 1 heterocycles. The third-order valence-corrected chi connectivity index (χ3v) is 2.52. The van der Waals surface area contributed by atoms with Crippen LogP contribution in [0.3, 0.4) is 0 Å². The molecule has 0 spiro atoms. The Hall–Kier alpha value is -1.25. The molecular weight excluding hydrogens is 245 g/mol. The molecule has 2 nitrogen and oxygen atoms in total. The molecule has 0 radical (unpaired) electrons. The lowest BCUT2D eigenvalue weighted by Gasteiger charge is -2.07. The van der Waals surface area contributed by atoms with Gasteiger partial charge in [-0.05, 0) is 30.7 Å². The molecule has 4 heteroatoms. The molecule has 0 amide bonds. The summed E-state index contributed by atoms with van der Waals surface area (Å²) in [5.74, 6) is 1.22. The van der Waals surface area contributed by atoms with Crippen LogP contribution in [-0.2, 0) is 0 Å². The van der Waals surface area contributed by atoms with Crippen molar-refractivity contribution >= 4 is 23.2 Å². The van der Waals surface area contributed by atoms with Crippen molar-refractivity contribution in [2.75, 3.05) is 0 Å². The van der Waals surface area contributed by atoms with E-state index in [1.54, 1.807) is 18.3 Å². The van der Waals surface area contributed by atoms with Crippen LogP contribution in [-0.4, -0.2) is 4.98 Å². The fourth-order valence-electron chi connectivity index (χ4n) is 1.26. The van der Waals surface area contributed by atoms with Gasteiger partial charge in [0.05, 0.1) is 5.02 Å². The molecule has 0 unspecified atom stereocenters. The van der Waals surface area contributed by atoms with Gasteiger partial charge in [0.25, 0.3) is 0 Å². The number of hydrogen-bond donors (Lipinski definition) is 0. The Kier molecular flexibility index (Phi) is 3.32. The minimum atomic E-state index is 0.390. The summed E-state index contributed by atoms with van der Waals surface area (Å²) in [6.07, 6.45) is 1.58. The van der Waals surface area contributed by atoms with E-state index in [1.165, 1.54) is 0 Å². The van der Waals surface area contributed by atoms with Gasteiger partial charge >= 0.3 is 0 Å². The summed E-state index contributed by atoms with van der Waals surface area (Å²) in [6.45, 7) is 1.97. The van der Waals surface area contributed by atoms with E-state index in [-0.39, 0.29) is 0 Å². The van der Waals surface area contributed by atoms with Crippen molar-refractivity contribution in [3.8, 4) is 11.5 Å². The lowest BCUT2D eigenvalue weighted by Crippen LogP contribution is -1.86. The van der Waals surface area contributed by atoms with E-state index in [0.717, 1.165) is 5.56 Å². The summed E-state index contributed by atoms with van der Waals surface area (Å²) in [5.41, 5.74) is 1.09. The number of aromatic nitrogens is 1. The molecule has 2 aromatic rings. The second-order valence-electron chi connectivity index (χ2n) is 3.35. The summed E-state index contributed by atoms with van der Waals surface area (Å²) in [4.78, 5) is 3.87. The second-order valence-corrected chi connectivity index (χ2v) is 4.14. The molecule has 0 aliphatic rings. The zero-order chi connectivity index (χ0) is 11.5. The van der Waals surface area contributed by atoms with Crippen LogP contribution in [0.2, 0.25) is 10.2 Å². The summed E-state index contributed by atoms with van der Waals surface area (Å²) < 4.78 is 5.59. The van der Waals surface area contributed by atoms with Crippen LogP contribution in [0.25, 0.3) is 0 Å². The zero-order valence-corrected chi connectivity index (χ0v) is 10.1. The molecule has 1 aromatic heterocycles. The number of aryl methyl sites for hydroxylation is 1. The first kappa shape index (κ1) is 11.2. The van der Waals surface area contributed by atoms with Crippen LogP contribution in [0.1, 0.15) is 5.56 Å². The number of ether oxygens (including phenoxy) is 1. The van der Waals surface area contributed by atoms with Gasteiger partial charge in [-0.1, -0.05) is 29.3 Å². The molecule has 1 aromatic carbocycles. The van der Waals surface area contributed by atoms with Crippen molar-refractivity contribution in [1.82, 2.24) is 4.98 Å². The Morgan fingerprint density at radius 3 is 2.62 bits per heavy atom. The third-order valence-electron chi connectivity index (χ3n) is 2.01. The number of halogens is 2. The van der Waals surface area contributed by atoms with E-state index in [0.29, 0.717) is 21.7 Å². The van der Waals surface area contributed by atoms with E-state index in [9.17, 15) is 0 Å². The van der Waals surface area contributed by atoms with Gasteiger partial charge in [0.15, 0.2) is 0 Å². The summed E-state index contributed by atoms with van der Waals surface area (Å²) in [7, 11) is 0. The molecule has 0 atom stereocenters. The van der Waals surface area contributed by atoms with E-state index in [4.69, 9.17) is 27.9 Å². The Labute approximate surface area is 104 Å². The molecular formula is C12H9Cl2NO. The van der Waals surface area contributed by atoms with Gasteiger partial charge in [0, 0.05) is 12.3 Å². The fourth-order valence-corrected chi connectivity index (χ4v) is 1.70. The van der Waals surface area contributed by atoms with E-state index in [2.05, 4.69) is 4.98 Å². The first-order valence-corrected chi connectivity index (χ1v) is 5.46. The van der Waals surface area contributed by atoms with E-state index >= 15 is 0 Å². The van der Waals surface area contributed by atoms with Crippen molar-refractivity contribution in [3.05, 3.63) is 52.3 Å². The van der Waals surface area contributed by atoms with Gasteiger partial charge in [-0.2, -0.15) is 0 Å². The maximum Gasteiger partial charge on any atom is 0.146 e. The minimum absolute atomic E-state index is 0.390. The number of rotatable bonds is 2. The van der Waals surface area contributed by atoms with Crippen LogP contribution >= 0.6 is 23.2 Å². The molecule has 16 heavy (non-hydrogen) atoms. The topological polar surface area (TPSA) is 22.1 Å². The van der Waals surface area contributed by atoms with Gasteiger partial charge in [0.1, 0.15) is 16.7 Å². The highest BCUT2D eigenvalue weighted by Crippen LogP contribution is 2.30. The smallest absolute Gasteiger partial charge is 0.146 e. The largest absolute Gasteiger partial charge is 0.456 e. The molecule has 0 saturated heterocycles. The van der Waals surface area contributed by atoms with Gasteiger partial charge < -0.3 is 4.74 Å². The van der Waals surface area contributed by atoms with Gasteiger partial charge in [0.2, 0.25) is 0 Å². The van der Waals surface area contributed by atoms with Gasteiger partial charge in [-0.3, -0.25) is 0 Å². The van der Waals surface area contributed by atoms with Crippen LogP contribution in [0.5, 0.6) is 11.5 Å². The summed E-state index contributed by atoms with van der Waals surface area (Å²) >= 11 is 11.8. The molecule has 0 aliphatic carbocycles. The number of hydrogen-bond acceptors (Lipinski definition) is 2. The van der Waals surface area contributed by atoms with Crippen LogP contribution in [0.4, 0.5) is 0 Å². The SMILES string of the molecule is Cc1ccc(Oc2ccnc(Cl)c2)c(Cl)c1. The standard InChI is InChI=1S/C12H9Cl2NO/c1-8-2-3-11(10(13)6-8)16-9-4-5-15-12(14)7-9/h2-7H,1H3. The van der Waals surface area contributed by atoms with Crippen molar-refractivity contribution in [1.29, 1.82) is 0 Å². The fraction of sp³-hybridized carbons (Fsp3) is 0.0833. The second kappa shape index (κ2) is 4.73. The highest BCUT2D eigenvalue weighted by atomic mass is 35.5. The number of pyridine rings is 1. The molecule has 0 fully saturated rings. The Bertz CT molecular complexity index is 514. The highest BCUT2D eigenvalue weighted by molar-refractivity contribution is 6.32. The van der Waals surface area contributed by atoms with Crippen LogP contribution in [0, 0.1) is 6.92 Å². The molecule has 0 saturated carbocycles. The van der Waals surface area contributed by atoms with Crippen molar-refractivity contribution < 1.29 is 4.74 Å². The minimum Gasteiger partial charge on any atom is -0.456 e. The summed E-state index contributed by atoms with van der Waals surface area (Å²) in [5, 5.41) is 0.966. The molecule has 0 aliphatic heterocycles. The number of benzene rings is 1. The molecule has 0 bridgehead atoms. The van der Waals surface area contributed by atoms with Crippen molar-refractivity contribution in [3.63, 3.8) is 0 Å². The van der Waals surface area contributed by atoms with E-state index < -0.39 is 0 Å². The average Bonchev–Trinajstić information content (AvgIpc) is 2.22. The quantitative estimate of drug-likeness (QED) is 0.736. The number of nitrogens with zero attached hydrogens (tertiary/aromatic N) is 1. The maximum absolute atomic E-state index is 6.05. The van der Waals surface area contributed by atoms with Gasteiger partial charge in [-0.25, -0.2) is 4.98 Å². The van der Waals surface area contributed by atoms with Crippen LogP contribution < -0.4 is 4.74 Å². The predicted molar refractivity (Wildman–Crippen MR) is 65.5 cm³/mol. The lowest BCUT2D eigenvalue weighted by atomic mass is 10.2. The Morgan fingerprint density at radius 1 is 1.12 bits per heavy atom.